The number of carbonyl (C=O) groups is 1. The Morgan fingerprint density at radius 2 is 2.26 bits per heavy atom. The van der Waals surface area contributed by atoms with Gasteiger partial charge in [0.15, 0.2) is 18.1 Å². The molecule has 0 saturated heterocycles. The lowest BCUT2D eigenvalue weighted by Gasteiger charge is -2.13. The Morgan fingerprint density at radius 3 is 2.93 bits per heavy atom. The van der Waals surface area contributed by atoms with Crippen LogP contribution in [0, 0.1) is 10.1 Å². The smallest absolute Gasteiger partial charge is 0.341 e. The first-order valence-electron chi connectivity index (χ1n) is 7.61. The van der Waals surface area contributed by atoms with Crippen LogP contribution >= 0.6 is 11.6 Å². The van der Waals surface area contributed by atoms with Crippen LogP contribution in [0.15, 0.2) is 35.6 Å². The van der Waals surface area contributed by atoms with Crippen molar-refractivity contribution in [3.63, 3.8) is 0 Å². The number of nitro groups is 1. The number of hydrogen-bond donors (Lipinski definition) is 2. The molecule has 1 heterocycles. The summed E-state index contributed by atoms with van der Waals surface area (Å²) >= 11 is 6.13. The highest BCUT2D eigenvalue weighted by Gasteiger charge is 2.15. The molecular formula is C16H15ClN4O6. The SMILES string of the molecule is CCOc1cc(/C=N\Nc2ncccc2[N+](=O)[O-])cc(Cl)c1OCC(=O)O. The van der Waals surface area contributed by atoms with E-state index in [1.807, 2.05) is 0 Å². The largest absolute Gasteiger partial charge is 0.490 e. The van der Waals surface area contributed by atoms with E-state index in [4.69, 9.17) is 26.2 Å². The summed E-state index contributed by atoms with van der Waals surface area (Å²) in [5, 5.41) is 23.7. The van der Waals surface area contributed by atoms with Gasteiger partial charge < -0.3 is 14.6 Å². The molecule has 2 N–H and O–H groups in total. The number of halogens is 1. The second kappa shape index (κ2) is 9.34. The number of hydrogen-bond acceptors (Lipinski definition) is 8. The third-order valence-electron chi connectivity index (χ3n) is 3.04. The number of nitrogens with one attached hydrogen (secondary N) is 1. The molecule has 0 spiro atoms. The van der Waals surface area contributed by atoms with Crippen molar-refractivity contribution in [2.45, 2.75) is 6.92 Å². The fraction of sp³-hybridized carbons (Fsp3) is 0.188. The van der Waals surface area contributed by atoms with E-state index in [1.54, 1.807) is 13.0 Å². The zero-order valence-electron chi connectivity index (χ0n) is 14.1. The van der Waals surface area contributed by atoms with Crippen molar-refractivity contribution in [3.8, 4) is 11.5 Å². The monoisotopic (exact) mass is 394 g/mol. The minimum absolute atomic E-state index is 0.0173. The van der Waals surface area contributed by atoms with E-state index < -0.39 is 17.5 Å². The van der Waals surface area contributed by atoms with Crippen LogP contribution in [0.1, 0.15) is 12.5 Å². The van der Waals surface area contributed by atoms with E-state index in [2.05, 4.69) is 15.5 Å². The molecule has 27 heavy (non-hydrogen) atoms. The van der Waals surface area contributed by atoms with Gasteiger partial charge in [-0.3, -0.25) is 15.5 Å². The molecule has 0 fully saturated rings. The van der Waals surface area contributed by atoms with Crippen LogP contribution in [0.25, 0.3) is 0 Å². The van der Waals surface area contributed by atoms with Crippen molar-refractivity contribution >= 4 is 35.3 Å². The van der Waals surface area contributed by atoms with Crippen LogP contribution in [0.5, 0.6) is 11.5 Å². The summed E-state index contributed by atoms with van der Waals surface area (Å²) in [6.45, 7) is 1.48. The van der Waals surface area contributed by atoms with Gasteiger partial charge in [-0.05, 0) is 30.7 Å². The summed E-state index contributed by atoms with van der Waals surface area (Å²) in [4.78, 5) is 24.9. The minimum Gasteiger partial charge on any atom is -0.490 e. The van der Waals surface area contributed by atoms with Crippen molar-refractivity contribution in [2.24, 2.45) is 5.10 Å². The number of anilines is 1. The minimum atomic E-state index is -1.15. The van der Waals surface area contributed by atoms with Crippen LogP contribution in [-0.4, -0.2) is 40.4 Å². The number of nitrogens with zero attached hydrogens (tertiary/aromatic N) is 3. The van der Waals surface area contributed by atoms with E-state index in [9.17, 15) is 14.9 Å². The maximum atomic E-state index is 10.9. The molecule has 0 atom stereocenters. The fourth-order valence-electron chi connectivity index (χ4n) is 2.00. The van der Waals surface area contributed by atoms with Gasteiger partial charge in [-0.2, -0.15) is 5.10 Å². The zero-order chi connectivity index (χ0) is 19.8. The summed E-state index contributed by atoms with van der Waals surface area (Å²) in [7, 11) is 0. The average molecular weight is 395 g/mol. The first-order valence-corrected chi connectivity index (χ1v) is 7.99. The maximum absolute atomic E-state index is 10.9. The number of benzene rings is 1. The van der Waals surface area contributed by atoms with Crippen molar-refractivity contribution in [1.29, 1.82) is 0 Å². The summed E-state index contributed by atoms with van der Waals surface area (Å²) in [5.41, 5.74) is 2.77. The molecular weight excluding hydrogens is 380 g/mol. The van der Waals surface area contributed by atoms with E-state index in [1.165, 1.54) is 30.6 Å². The normalized spacial score (nSPS) is 10.6. The molecule has 0 radical (unpaired) electrons. The Kier molecular flexibility index (Phi) is 6.89. The molecule has 1 aromatic carbocycles. The number of rotatable bonds is 9. The third kappa shape index (κ3) is 5.54. The van der Waals surface area contributed by atoms with Crippen LogP contribution in [0.3, 0.4) is 0 Å². The van der Waals surface area contributed by atoms with Crippen molar-refractivity contribution in [1.82, 2.24) is 4.98 Å². The number of carboxylic acid groups (broad SMARTS) is 1. The molecule has 0 saturated carbocycles. The lowest BCUT2D eigenvalue weighted by Crippen LogP contribution is -2.11. The Balaban J connectivity index is 2.22. The average Bonchev–Trinajstić information content (AvgIpc) is 2.61. The van der Waals surface area contributed by atoms with Crippen molar-refractivity contribution < 1.29 is 24.3 Å². The fourth-order valence-corrected chi connectivity index (χ4v) is 2.27. The van der Waals surface area contributed by atoms with Gasteiger partial charge in [0.1, 0.15) is 0 Å². The first kappa shape index (κ1) is 19.9. The van der Waals surface area contributed by atoms with Gasteiger partial charge in [0.05, 0.1) is 22.8 Å². The van der Waals surface area contributed by atoms with Gasteiger partial charge in [0.2, 0.25) is 5.82 Å². The van der Waals surface area contributed by atoms with E-state index in [0.29, 0.717) is 12.2 Å². The molecule has 10 nitrogen and oxygen atoms in total. The van der Waals surface area contributed by atoms with Crippen molar-refractivity contribution in [2.75, 3.05) is 18.6 Å². The van der Waals surface area contributed by atoms with Crippen LogP contribution < -0.4 is 14.9 Å². The molecule has 0 aliphatic rings. The van der Waals surface area contributed by atoms with E-state index in [-0.39, 0.29) is 28.0 Å². The van der Waals surface area contributed by atoms with E-state index >= 15 is 0 Å². The van der Waals surface area contributed by atoms with E-state index in [0.717, 1.165) is 0 Å². The second-order valence-electron chi connectivity index (χ2n) is 4.94. The predicted molar refractivity (Wildman–Crippen MR) is 97.9 cm³/mol. The van der Waals surface area contributed by atoms with Gasteiger partial charge in [0, 0.05) is 12.3 Å². The Bertz CT molecular complexity index is 874. The van der Waals surface area contributed by atoms with Crippen LogP contribution in [0.2, 0.25) is 5.02 Å². The quantitative estimate of drug-likeness (QED) is 0.376. The number of carboxylic acids is 1. The molecule has 0 amide bonds. The van der Waals surface area contributed by atoms with Gasteiger partial charge in [-0.15, -0.1) is 0 Å². The lowest BCUT2D eigenvalue weighted by molar-refractivity contribution is -0.384. The lowest BCUT2D eigenvalue weighted by atomic mass is 10.2. The number of aromatic nitrogens is 1. The Morgan fingerprint density at radius 1 is 1.48 bits per heavy atom. The number of aliphatic carboxylic acids is 1. The molecule has 2 rings (SSSR count). The number of ether oxygens (including phenoxy) is 2. The summed E-state index contributed by atoms with van der Waals surface area (Å²) < 4.78 is 10.6. The number of hydrazone groups is 1. The summed E-state index contributed by atoms with van der Waals surface area (Å²) in [6, 6.07) is 5.77. The predicted octanol–water partition coefficient (Wildman–Crippen LogP) is 2.95. The van der Waals surface area contributed by atoms with Gasteiger partial charge in [0.25, 0.3) is 0 Å². The molecule has 2 aromatic rings. The molecule has 0 aliphatic carbocycles. The highest BCUT2D eigenvalue weighted by atomic mass is 35.5. The summed E-state index contributed by atoms with van der Waals surface area (Å²) in [5.74, 6) is -0.820. The zero-order valence-corrected chi connectivity index (χ0v) is 14.8. The molecule has 0 unspecified atom stereocenters. The molecule has 142 valence electrons. The Labute approximate surface area is 158 Å². The molecule has 11 heteroatoms. The highest BCUT2D eigenvalue weighted by Crippen LogP contribution is 2.36. The standard InChI is InChI=1S/C16H15ClN4O6/c1-2-26-13-7-10(6-11(17)15(13)27-9-14(22)23)8-19-20-16-12(21(24)25)4-3-5-18-16/h3-8H,2,9H2,1H3,(H,18,20)(H,22,23)/b19-8-. The highest BCUT2D eigenvalue weighted by molar-refractivity contribution is 6.32. The van der Waals surface area contributed by atoms with Gasteiger partial charge in [-0.25, -0.2) is 9.78 Å². The maximum Gasteiger partial charge on any atom is 0.341 e. The third-order valence-corrected chi connectivity index (χ3v) is 3.32. The van der Waals surface area contributed by atoms with Gasteiger partial charge >= 0.3 is 11.7 Å². The van der Waals surface area contributed by atoms with Crippen LogP contribution in [-0.2, 0) is 4.79 Å². The van der Waals surface area contributed by atoms with Crippen molar-refractivity contribution in [3.05, 3.63) is 51.2 Å². The second-order valence-corrected chi connectivity index (χ2v) is 5.35. The van der Waals surface area contributed by atoms with Gasteiger partial charge in [-0.1, -0.05) is 11.6 Å². The Hall–Kier alpha value is -3.40. The van der Waals surface area contributed by atoms with Crippen LogP contribution in [0.4, 0.5) is 11.5 Å². The first-order chi connectivity index (χ1) is 12.9. The molecule has 0 bridgehead atoms. The molecule has 1 aromatic heterocycles. The summed E-state index contributed by atoms with van der Waals surface area (Å²) in [6.07, 6.45) is 2.75. The number of pyridine rings is 1. The topological polar surface area (TPSA) is 136 Å². The molecule has 0 aliphatic heterocycles.